The van der Waals surface area contributed by atoms with Crippen molar-refractivity contribution in [3.05, 3.63) is 47.5 Å². The van der Waals surface area contributed by atoms with Gasteiger partial charge in [-0.15, -0.1) is 0 Å². The van der Waals surface area contributed by atoms with Gasteiger partial charge in [-0.25, -0.2) is 8.42 Å². The van der Waals surface area contributed by atoms with Crippen LogP contribution in [0.25, 0.3) is 0 Å². The van der Waals surface area contributed by atoms with Gasteiger partial charge >= 0.3 is 29.6 Å². The Morgan fingerprint density at radius 1 is 1.00 bits per heavy atom. The van der Waals surface area contributed by atoms with Crippen molar-refractivity contribution in [2.24, 2.45) is 0 Å². The van der Waals surface area contributed by atoms with Crippen LogP contribution >= 0.6 is 11.8 Å². The van der Waals surface area contributed by atoms with Crippen molar-refractivity contribution >= 4 is 33.3 Å². The first kappa shape index (κ1) is 19.8. The van der Waals surface area contributed by atoms with E-state index in [4.69, 9.17) is 0 Å². The van der Waals surface area contributed by atoms with Crippen molar-refractivity contribution in [1.29, 1.82) is 0 Å². The number of benzene rings is 2. The minimum atomic E-state index is -4.17. The fraction of sp³-hybridized carbons (Fsp3) is 0.294. The summed E-state index contributed by atoms with van der Waals surface area (Å²) in [7, 11) is -4.17. The second-order valence-corrected chi connectivity index (χ2v) is 8.42. The predicted octanol–water partition coefficient (Wildman–Crippen LogP) is 0.845. The third-order valence-corrected chi connectivity index (χ3v) is 5.69. The number of nitrogens with zero attached hydrogens (tertiary/aromatic N) is 1. The Hall–Kier alpha value is -0.500. The predicted molar refractivity (Wildman–Crippen MR) is 92.7 cm³/mol. The molecule has 7 heteroatoms. The summed E-state index contributed by atoms with van der Waals surface area (Å²) < 4.78 is 32.6. The van der Waals surface area contributed by atoms with Crippen molar-refractivity contribution in [1.82, 2.24) is 0 Å². The normalized spacial score (nSPS) is 13.0. The summed E-state index contributed by atoms with van der Waals surface area (Å²) in [5, 5.41) is 0. The van der Waals surface area contributed by atoms with E-state index in [2.05, 4.69) is 55.1 Å². The maximum Gasteiger partial charge on any atom is 1.00 e. The van der Waals surface area contributed by atoms with E-state index >= 15 is 0 Å². The van der Waals surface area contributed by atoms with Crippen molar-refractivity contribution in [2.75, 3.05) is 17.2 Å². The first-order valence-corrected chi connectivity index (χ1v) is 9.83. The Balaban J connectivity index is 0.00000208. The molecule has 0 N–H and O–H groups in total. The van der Waals surface area contributed by atoms with Crippen molar-refractivity contribution in [2.45, 2.75) is 30.1 Å². The van der Waals surface area contributed by atoms with Gasteiger partial charge in [-0.1, -0.05) is 23.9 Å². The molecule has 1 aliphatic rings. The molecule has 3 rings (SSSR count). The van der Waals surface area contributed by atoms with Gasteiger partial charge in [-0.2, -0.15) is 0 Å². The fourth-order valence-corrected chi connectivity index (χ4v) is 4.52. The monoisotopic (exact) mass is 371 g/mol. The number of anilines is 2. The van der Waals surface area contributed by atoms with E-state index in [9.17, 15) is 13.0 Å². The average molecular weight is 371 g/mol. The Bertz CT molecular complexity index is 801. The van der Waals surface area contributed by atoms with Crippen LogP contribution < -0.4 is 34.5 Å². The number of hydrogen-bond donors (Lipinski definition) is 0. The number of fused-ring (bicyclic) bond motifs is 2. The SMILES string of the molecule is Cc1ccc2c(c1)Sc1cc(C)ccc1N2CCCS(=O)(=O)[O-].[Na+]. The molecule has 0 unspecified atom stereocenters. The molecule has 0 spiro atoms. The number of aryl methyl sites for hydroxylation is 2. The zero-order valence-corrected chi connectivity index (χ0v) is 17.7. The molecule has 1 aliphatic heterocycles. The molecule has 0 atom stereocenters. The van der Waals surface area contributed by atoms with Crippen LogP contribution in [-0.4, -0.2) is 25.3 Å². The topological polar surface area (TPSA) is 60.4 Å². The van der Waals surface area contributed by atoms with E-state index in [1.165, 1.54) is 11.1 Å². The van der Waals surface area contributed by atoms with Crippen molar-refractivity contribution < 1.29 is 42.5 Å². The summed E-state index contributed by atoms with van der Waals surface area (Å²) in [5.41, 5.74) is 4.52. The zero-order valence-electron chi connectivity index (χ0n) is 14.1. The molecule has 0 saturated heterocycles. The molecule has 0 radical (unpaired) electrons. The van der Waals surface area contributed by atoms with Gasteiger partial charge in [0.05, 0.1) is 21.5 Å². The second-order valence-electron chi connectivity index (χ2n) is 5.81. The molecular weight excluding hydrogens is 353 g/mol. The first-order chi connectivity index (χ1) is 10.8. The Morgan fingerprint density at radius 2 is 1.50 bits per heavy atom. The molecule has 1 heterocycles. The van der Waals surface area contributed by atoms with E-state index in [1.54, 1.807) is 11.8 Å². The van der Waals surface area contributed by atoms with Crippen LogP contribution in [0.3, 0.4) is 0 Å². The van der Waals surface area contributed by atoms with Crippen LogP contribution in [0.15, 0.2) is 46.2 Å². The summed E-state index contributed by atoms with van der Waals surface area (Å²) in [6.45, 7) is 4.62. The summed E-state index contributed by atoms with van der Waals surface area (Å²) in [4.78, 5) is 4.44. The Kier molecular flexibility index (Phi) is 6.45. The molecule has 122 valence electrons. The van der Waals surface area contributed by atoms with E-state index in [0.717, 1.165) is 21.2 Å². The van der Waals surface area contributed by atoms with Gasteiger partial charge in [0, 0.05) is 22.1 Å². The second kappa shape index (κ2) is 7.81. The smallest absolute Gasteiger partial charge is 0.748 e. The number of rotatable bonds is 4. The number of hydrogen-bond acceptors (Lipinski definition) is 5. The summed E-state index contributed by atoms with van der Waals surface area (Å²) in [5.74, 6) is -0.334. The van der Waals surface area contributed by atoms with E-state index in [1.807, 2.05) is 0 Å². The summed E-state index contributed by atoms with van der Waals surface area (Å²) in [6, 6.07) is 12.5. The van der Waals surface area contributed by atoms with E-state index in [-0.39, 0.29) is 35.3 Å². The molecule has 0 saturated carbocycles. The molecule has 0 aliphatic carbocycles. The van der Waals surface area contributed by atoms with Gasteiger partial charge in [-0.05, 0) is 55.7 Å². The Labute approximate surface area is 169 Å². The molecule has 0 bridgehead atoms. The maximum absolute atomic E-state index is 10.9. The first-order valence-electron chi connectivity index (χ1n) is 7.44. The average Bonchev–Trinajstić information content (AvgIpc) is 2.44. The van der Waals surface area contributed by atoms with Gasteiger partial charge in [0.25, 0.3) is 0 Å². The maximum atomic E-state index is 10.9. The largest absolute Gasteiger partial charge is 1.00 e. The molecule has 4 nitrogen and oxygen atoms in total. The third kappa shape index (κ3) is 4.56. The molecule has 24 heavy (non-hydrogen) atoms. The molecule has 2 aromatic carbocycles. The van der Waals surface area contributed by atoms with Gasteiger partial charge in [0.2, 0.25) is 0 Å². The minimum Gasteiger partial charge on any atom is -0.748 e. The van der Waals surface area contributed by atoms with Gasteiger partial charge < -0.3 is 9.45 Å². The molecule has 0 amide bonds. The van der Waals surface area contributed by atoms with Crippen LogP contribution in [-0.2, 0) is 10.1 Å². The van der Waals surface area contributed by atoms with Crippen molar-refractivity contribution in [3.63, 3.8) is 0 Å². The molecule has 0 aromatic heterocycles. The van der Waals surface area contributed by atoms with Crippen LogP contribution in [0.4, 0.5) is 11.4 Å². The van der Waals surface area contributed by atoms with Crippen LogP contribution in [0.1, 0.15) is 17.5 Å². The molecule has 0 fully saturated rings. The van der Waals surface area contributed by atoms with Crippen LogP contribution in [0, 0.1) is 13.8 Å². The van der Waals surface area contributed by atoms with E-state index in [0.29, 0.717) is 13.0 Å². The standard InChI is InChI=1S/C17H19NO3S2.Na/c1-12-4-6-14-16(10-12)22-17-11-13(2)5-7-15(17)18(14)8-3-9-23(19,20)21;/h4-7,10-11H,3,8-9H2,1-2H3,(H,19,20,21);/q;+1/p-1. The molecular formula is C17H18NNaO3S2. The van der Waals surface area contributed by atoms with Crippen molar-refractivity contribution in [3.8, 4) is 0 Å². The fourth-order valence-electron chi connectivity index (χ4n) is 2.74. The van der Waals surface area contributed by atoms with Gasteiger partial charge in [0.1, 0.15) is 0 Å². The summed E-state index contributed by atoms with van der Waals surface area (Å²) in [6.07, 6.45) is 0.317. The summed E-state index contributed by atoms with van der Waals surface area (Å²) >= 11 is 1.73. The van der Waals surface area contributed by atoms with Crippen LogP contribution in [0.5, 0.6) is 0 Å². The third-order valence-electron chi connectivity index (χ3n) is 3.81. The minimum absolute atomic E-state index is 0. The zero-order chi connectivity index (χ0) is 16.6. The quantitative estimate of drug-likeness (QED) is 0.589. The van der Waals surface area contributed by atoms with Gasteiger partial charge in [0.15, 0.2) is 0 Å². The van der Waals surface area contributed by atoms with Gasteiger partial charge in [-0.3, -0.25) is 0 Å². The molecule has 2 aromatic rings. The van der Waals surface area contributed by atoms with Crippen LogP contribution in [0.2, 0.25) is 0 Å². The van der Waals surface area contributed by atoms with E-state index < -0.39 is 10.1 Å². The Morgan fingerprint density at radius 3 is 1.96 bits per heavy atom.